The summed E-state index contributed by atoms with van der Waals surface area (Å²) in [5.41, 5.74) is 0. The lowest BCUT2D eigenvalue weighted by molar-refractivity contribution is -0.155. The van der Waals surface area contributed by atoms with Gasteiger partial charge in [0.05, 0.1) is 0 Å². The summed E-state index contributed by atoms with van der Waals surface area (Å²) in [6.07, 6.45) is -4.87. The average Bonchev–Trinajstić information content (AvgIpc) is 1.57. The van der Waals surface area contributed by atoms with E-state index in [0.717, 1.165) is 0 Å². The minimum atomic E-state index is -5.98. The largest absolute Gasteiger partial charge is 0.552 e. The first kappa shape index (κ1) is 9.84. The van der Waals surface area contributed by atoms with Gasteiger partial charge in [-0.15, -0.1) is 8.39 Å². The molecule has 0 amide bonds. The molecule has 0 rings (SSSR count). The monoisotopic (exact) mass is 184 g/mol. The minimum Gasteiger partial charge on any atom is -0.271 e. The molecule has 0 bridgehead atoms. The molecule has 0 saturated carbocycles. The molecule has 10 heavy (non-hydrogen) atoms. The minimum absolute atomic E-state index is 2.18. The Morgan fingerprint density at radius 2 is 1.70 bits per heavy atom. The lowest BCUT2D eigenvalue weighted by atomic mass is 10.7. The van der Waals surface area contributed by atoms with Crippen LogP contribution in [0.3, 0.4) is 0 Å². The normalized spacial score (nSPS) is 13.7. The summed E-state index contributed by atoms with van der Waals surface area (Å²) in [7, 11) is -5.98. The smallest absolute Gasteiger partial charge is 0.271 e. The van der Waals surface area contributed by atoms with Gasteiger partial charge in [0.2, 0.25) is 0 Å². The van der Waals surface area contributed by atoms with Gasteiger partial charge in [0.15, 0.2) is 6.61 Å². The van der Waals surface area contributed by atoms with Crippen molar-refractivity contribution in [3.8, 4) is 0 Å². The highest BCUT2D eigenvalue weighted by Crippen LogP contribution is 2.50. The average molecular weight is 184 g/mol. The summed E-state index contributed by atoms with van der Waals surface area (Å²) < 4.78 is 67.1. The molecule has 0 aliphatic rings. The Bertz CT molecular complexity index is 146. The SMILES string of the molecule is O=P(F)(F)OCC(F)(F)F. The van der Waals surface area contributed by atoms with Crippen LogP contribution in [0.1, 0.15) is 0 Å². The van der Waals surface area contributed by atoms with Crippen LogP contribution in [-0.4, -0.2) is 12.8 Å². The van der Waals surface area contributed by atoms with Crippen molar-refractivity contribution in [3.05, 3.63) is 0 Å². The molecule has 0 aliphatic heterocycles. The summed E-state index contributed by atoms with van der Waals surface area (Å²) in [4.78, 5) is 0. The Morgan fingerprint density at radius 3 is 1.80 bits per heavy atom. The molecule has 0 saturated heterocycles. The molecule has 8 heteroatoms. The molecule has 0 aromatic carbocycles. The van der Waals surface area contributed by atoms with Crippen molar-refractivity contribution < 1.29 is 30.7 Å². The molecule has 0 spiro atoms. The fraction of sp³-hybridized carbons (Fsp3) is 1.00. The van der Waals surface area contributed by atoms with E-state index in [2.05, 4.69) is 4.52 Å². The first-order valence-corrected chi connectivity index (χ1v) is 3.32. The summed E-state index contributed by atoms with van der Waals surface area (Å²) in [5.74, 6) is 0. The van der Waals surface area contributed by atoms with Crippen LogP contribution in [0.4, 0.5) is 21.6 Å². The van der Waals surface area contributed by atoms with Crippen LogP contribution in [0.15, 0.2) is 0 Å². The molecular weight excluding hydrogens is 182 g/mol. The zero-order chi connectivity index (χ0) is 8.41. The molecule has 0 heterocycles. The first-order valence-electron chi connectivity index (χ1n) is 1.91. The second kappa shape index (κ2) is 2.84. The van der Waals surface area contributed by atoms with E-state index in [0.29, 0.717) is 0 Å². The van der Waals surface area contributed by atoms with E-state index in [9.17, 15) is 26.1 Å². The predicted molar refractivity (Wildman–Crippen MR) is 21.8 cm³/mol. The van der Waals surface area contributed by atoms with Gasteiger partial charge in [-0.05, 0) is 0 Å². The van der Waals surface area contributed by atoms with Crippen molar-refractivity contribution >= 4 is 7.99 Å². The van der Waals surface area contributed by atoms with E-state index in [1.807, 2.05) is 0 Å². The predicted octanol–water partition coefficient (Wildman–Crippen LogP) is 2.61. The lowest BCUT2D eigenvalue weighted by Crippen LogP contribution is -2.14. The van der Waals surface area contributed by atoms with E-state index >= 15 is 0 Å². The molecule has 0 aromatic heterocycles. The number of hydrogen-bond acceptors (Lipinski definition) is 2. The highest BCUT2D eigenvalue weighted by molar-refractivity contribution is 7.47. The van der Waals surface area contributed by atoms with E-state index in [1.54, 1.807) is 0 Å². The zero-order valence-electron chi connectivity index (χ0n) is 4.36. The second-order valence-corrected chi connectivity index (χ2v) is 2.39. The molecule has 0 aromatic rings. The molecule has 62 valence electrons. The number of alkyl halides is 3. The summed E-state index contributed by atoms with van der Waals surface area (Å²) in [6.45, 7) is -2.18. The van der Waals surface area contributed by atoms with E-state index in [-0.39, 0.29) is 0 Å². The van der Waals surface area contributed by atoms with Gasteiger partial charge < -0.3 is 0 Å². The van der Waals surface area contributed by atoms with Gasteiger partial charge in [-0.1, -0.05) is 0 Å². The van der Waals surface area contributed by atoms with Crippen LogP contribution in [0.2, 0.25) is 0 Å². The number of hydrogen-bond donors (Lipinski definition) is 0. The third-order valence-electron chi connectivity index (χ3n) is 0.379. The van der Waals surface area contributed by atoms with Gasteiger partial charge in [0.1, 0.15) is 0 Å². The second-order valence-electron chi connectivity index (χ2n) is 1.30. The maximum Gasteiger partial charge on any atom is 0.552 e. The molecule has 2 nitrogen and oxygen atoms in total. The molecule has 0 atom stereocenters. The van der Waals surface area contributed by atoms with Crippen molar-refractivity contribution in [1.29, 1.82) is 0 Å². The zero-order valence-corrected chi connectivity index (χ0v) is 5.26. The maximum atomic E-state index is 11.1. The van der Waals surface area contributed by atoms with Crippen LogP contribution in [0.25, 0.3) is 0 Å². The van der Waals surface area contributed by atoms with Gasteiger partial charge in [-0.3, -0.25) is 4.52 Å². The van der Waals surface area contributed by atoms with E-state index in [4.69, 9.17) is 0 Å². The Morgan fingerprint density at radius 1 is 1.30 bits per heavy atom. The first-order chi connectivity index (χ1) is 4.21. The van der Waals surface area contributed by atoms with Gasteiger partial charge in [0.25, 0.3) is 0 Å². The fourth-order valence-corrected chi connectivity index (χ4v) is 0.445. The highest BCUT2D eigenvalue weighted by Gasteiger charge is 2.33. The van der Waals surface area contributed by atoms with Crippen molar-refractivity contribution in [2.24, 2.45) is 0 Å². The Balaban J connectivity index is 3.67. The Hall–Kier alpha value is -0.160. The molecule has 0 radical (unpaired) electrons. The standard InChI is InChI=1S/C2H2F5O2P/c3-2(4,5)1-9-10(6,7)8/h1H2. The van der Waals surface area contributed by atoms with Gasteiger partial charge in [0, 0.05) is 0 Å². The third kappa shape index (κ3) is 7.84. The molecule has 0 unspecified atom stereocenters. The molecular formula is C2H2F5O2P. The van der Waals surface area contributed by atoms with Crippen LogP contribution < -0.4 is 0 Å². The maximum absolute atomic E-state index is 11.1. The molecule has 0 N–H and O–H groups in total. The van der Waals surface area contributed by atoms with Crippen LogP contribution >= 0.6 is 7.99 Å². The molecule has 0 aliphatic carbocycles. The van der Waals surface area contributed by atoms with Crippen molar-refractivity contribution in [1.82, 2.24) is 0 Å². The number of halogens is 5. The summed E-state index contributed by atoms with van der Waals surface area (Å²) >= 11 is 0. The summed E-state index contributed by atoms with van der Waals surface area (Å²) in [6, 6.07) is 0. The van der Waals surface area contributed by atoms with E-state index in [1.165, 1.54) is 0 Å². The van der Waals surface area contributed by atoms with E-state index < -0.39 is 20.8 Å². The van der Waals surface area contributed by atoms with Gasteiger partial charge in [-0.2, -0.15) is 13.2 Å². The Kier molecular flexibility index (Phi) is 2.79. The van der Waals surface area contributed by atoms with Crippen LogP contribution in [0.5, 0.6) is 0 Å². The van der Waals surface area contributed by atoms with Crippen molar-refractivity contribution in [2.45, 2.75) is 6.18 Å². The van der Waals surface area contributed by atoms with Crippen LogP contribution in [-0.2, 0) is 9.09 Å². The molecule has 0 fully saturated rings. The van der Waals surface area contributed by atoms with Crippen molar-refractivity contribution in [2.75, 3.05) is 6.61 Å². The third-order valence-corrected chi connectivity index (χ3v) is 0.808. The van der Waals surface area contributed by atoms with Crippen LogP contribution in [0, 0.1) is 0 Å². The topological polar surface area (TPSA) is 26.3 Å². The van der Waals surface area contributed by atoms with Gasteiger partial charge >= 0.3 is 14.2 Å². The van der Waals surface area contributed by atoms with Gasteiger partial charge in [-0.25, -0.2) is 4.57 Å². The van der Waals surface area contributed by atoms with Crippen molar-refractivity contribution in [3.63, 3.8) is 0 Å². The number of rotatable bonds is 2. The highest BCUT2D eigenvalue weighted by atomic mass is 31.2. The fourth-order valence-electron chi connectivity index (χ4n) is 0.148. The lowest BCUT2D eigenvalue weighted by Gasteiger charge is -2.04. The quantitative estimate of drug-likeness (QED) is 0.487. The summed E-state index contributed by atoms with van der Waals surface area (Å²) in [5, 5.41) is 0. The Labute approximate surface area is 52.7 Å².